The van der Waals surface area contributed by atoms with Gasteiger partial charge in [-0.05, 0) is 37.0 Å². The first-order valence-corrected chi connectivity index (χ1v) is 18.8. The molecule has 0 spiro atoms. The summed E-state index contributed by atoms with van der Waals surface area (Å²) in [5, 5.41) is 11.4. The number of benzene rings is 1. The summed E-state index contributed by atoms with van der Waals surface area (Å²) >= 11 is 1.19. The molecule has 2 bridgehead atoms. The molecule has 0 fully saturated rings. The Balaban J connectivity index is 1.47. The van der Waals surface area contributed by atoms with E-state index in [0.717, 1.165) is 16.5 Å². The van der Waals surface area contributed by atoms with Gasteiger partial charge in [-0.25, -0.2) is 9.97 Å². The number of hydrogen-bond acceptors (Lipinski definition) is 10. The summed E-state index contributed by atoms with van der Waals surface area (Å²) in [7, 11) is 4.41. The molecule has 292 valence electrons. The van der Waals surface area contributed by atoms with Crippen LogP contribution in [0, 0.1) is 5.92 Å². The van der Waals surface area contributed by atoms with Crippen molar-refractivity contribution in [1.82, 2.24) is 45.6 Å². The topological polar surface area (TPSA) is 199 Å². The van der Waals surface area contributed by atoms with Gasteiger partial charge in [0, 0.05) is 73.9 Å². The van der Waals surface area contributed by atoms with Crippen molar-refractivity contribution in [3.63, 3.8) is 0 Å². The minimum absolute atomic E-state index is 0.0225. The summed E-state index contributed by atoms with van der Waals surface area (Å²) in [6, 6.07) is 7.89. The number of ether oxygens (including phenoxy) is 1. The van der Waals surface area contributed by atoms with E-state index in [1.54, 1.807) is 11.6 Å². The predicted molar refractivity (Wildman–Crippen MR) is 205 cm³/mol. The standard InChI is InChI=1S/C38H47N9O7S/c1-22(2)15-28-35-44-30(21-55-35)34(50)43-29(16-25-18-40-27-10-8-7-9-26(25)27)38(53)46(5)19-31(48)41-23(3)36(51)45(4)13-14-47(20-32(49)42-28)37(52)24-11-12-39-33(17-24)54-6/h7-12,17-18,21-23,28-29,40H,13-16,19-20H2,1-6H3,(H,41,48)(H,42,49)(H,43,50)/t23-,28-,29+/m0/s1. The van der Waals surface area contributed by atoms with Crippen molar-refractivity contribution < 1.29 is 33.5 Å². The molecule has 4 heterocycles. The highest BCUT2D eigenvalue weighted by Crippen LogP contribution is 2.26. The molecule has 55 heavy (non-hydrogen) atoms. The number of nitrogens with one attached hydrogen (secondary N) is 4. The van der Waals surface area contributed by atoms with Crippen LogP contribution in [0.25, 0.3) is 10.9 Å². The Labute approximate surface area is 323 Å². The lowest BCUT2D eigenvalue weighted by Gasteiger charge is -2.28. The van der Waals surface area contributed by atoms with Crippen molar-refractivity contribution in [1.29, 1.82) is 0 Å². The third-order valence-electron chi connectivity index (χ3n) is 9.20. The third kappa shape index (κ3) is 10.2. The van der Waals surface area contributed by atoms with Crippen molar-refractivity contribution in [2.75, 3.05) is 47.4 Å². The first kappa shape index (κ1) is 40.3. The van der Waals surface area contributed by atoms with Gasteiger partial charge in [-0.2, -0.15) is 0 Å². The minimum atomic E-state index is -1.08. The predicted octanol–water partition coefficient (Wildman–Crippen LogP) is 2.15. The van der Waals surface area contributed by atoms with Crippen LogP contribution in [0.1, 0.15) is 64.7 Å². The van der Waals surface area contributed by atoms with E-state index in [9.17, 15) is 28.8 Å². The lowest BCUT2D eigenvalue weighted by Crippen LogP contribution is -2.53. The maximum absolute atomic E-state index is 13.9. The summed E-state index contributed by atoms with van der Waals surface area (Å²) in [6.07, 6.45) is 3.80. The smallest absolute Gasteiger partial charge is 0.271 e. The molecule has 16 nitrogen and oxygen atoms in total. The SMILES string of the molecule is COc1cc(C(=O)N2CCN(C)C(=O)[C@H](C)NC(=O)CN(C)C(=O)[C@@H](Cc3c[nH]c4ccccc34)NC(=O)c3csc(n3)[C@H](CC(C)C)NC(=O)C2)ccn1. The van der Waals surface area contributed by atoms with Gasteiger partial charge in [-0.1, -0.05) is 32.0 Å². The molecule has 1 aromatic carbocycles. The number of hydrogen-bond donors (Lipinski definition) is 4. The summed E-state index contributed by atoms with van der Waals surface area (Å²) in [6.45, 7) is 4.77. The molecule has 0 radical (unpaired) electrons. The number of nitrogens with zero attached hydrogens (tertiary/aromatic N) is 5. The number of methoxy groups -OCH3 is 1. The molecule has 1 aliphatic rings. The minimum Gasteiger partial charge on any atom is -0.481 e. The number of carbonyl (C=O) groups is 6. The molecule has 3 aromatic heterocycles. The largest absolute Gasteiger partial charge is 0.481 e. The number of aromatic amines is 1. The van der Waals surface area contributed by atoms with Gasteiger partial charge < -0.3 is 40.4 Å². The molecule has 4 N–H and O–H groups in total. The van der Waals surface area contributed by atoms with Crippen LogP contribution in [-0.4, -0.2) is 125 Å². The number of amides is 6. The van der Waals surface area contributed by atoms with Crippen LogP contribution in [0.5, 0.6) is 5.88 Å². The molecule has 4 aromatic rings. The molecule has 5 rings (SSSR count). The van der Waals surface area contributed by atoms with Gasteiger partial charge in [0.25, 0.3) is 11.8 Å². The maximum Gasteiger partial charge on any atom is 0.271 e. The van der Waals surface area contributed by atoms with E-state index in [-0.39, 0.29) is 55.7 Å². The summed E-state index contributed by atoms with van der Waals surface area (Å²) in [5.41, 5.74) is 1.94. The molecule has 17 heteroatoms. The maximum atomic E-state index is 13.9. The van der Waals surface area contributed by atoms with E-state index >= 15 is 0 Å². The second-order valence-corrected chi connectivity index (χ2v) is 14.9. The van der Waals surface area contributed by atoms with Crippen LogP contribution in [0.2, 0.25) is 0 Å². The van der Waals surface area contributed by atoms with Gasteiger partial charge in [0.2, 0.25) is 29.5 Å². The van der Waals surface area contributed by atoms with Crippen molar-refractivity contribution in [3.05, 3.63) is 76.0 Å². The van der Waals surface area contributed by atoms with Crippen LogP contribution in [0.15, 0.2) is 54.2 Å². The highest BCUT2D eigenvalue weighted by Gasteiger charge is 2.31. The van der Waals surface area contributed by atoms with E-state index in [1.807, 2.05) is 38.1 Å². The molecular formula is C38H47N9O7S. The van der Waals surface area contributed by atoms with Crippen molar-refractivity contribution in [2.45, 2.75) is 51.7 Å². The number of para-hydroxylation sites is 1. The lowest BCUT2D eigenvalue weighted by molar-refractivity contribution is -0.138. The zero-order valence-corrected chi connectivity index (χ0v) is 32.6. The Morgan fingerprint density at radius 1 is 0.945 bits per heavy atom. The quantitative estimate of drug-likeness (QED) is 0.227. The first-order valence-electron chi connectivity index (χ1n) is 17.9. The number of pyridine rings is 1. The van der Waals surface area contributed by atoms with Crippen molar-refractivity contribution >= 4 is 57.7 Å². The third-order valence-corrected chi connectivity index (χ3v) is 10.2. The van der Waals surface area contributed by atoms with E-state index in [4.69, 9.17) is 4.74 Å². The van der Waals surface area contributed by atoms with Gasteiger partial charge in [-0.3, -0.25) is 28.8 Å². The van der Waals surface area contributed by atoms with E-state index in [1.165, 1.54) is 72.5 Å². The van der Waals surface area contributed by atoms with Gasteiger partial charge in [-0.15, -0.1) is 11.3 Å². The number of likely N-dealkylation sites (N-methyl/N-ethyl adjacent to an activating group) is 2. The van der Waals surface area contributed by atoms with Crippen molar-refractivity contribution in [3.8, 4) is 5.88 Å². The molecule has 6 amide bonds. The highest BCUT2D eigenvalue weighted by atomic mass is 32.1. The van der Waals surface area contributed by atoms with Gasteiger partial charge >= 0.3 is 0 Å². The fraction of sp³-hybridized carbons (Fsp3) is 0.421. The van der Waals surface area contributed by atoms with Gasteiger partial charge in [0.15, 0.2) is 0 Å². The number of carbonyl (C=O) groups excluding carboxylic acids is 6. The molecule has 0 saturated carbocycles. The Bertz CT molecular complexity index is 2050. The first-order chi connectivity index (χ1) is 26.2. The molecule has 1 aliphatic heterocycles. The van der Waals surface area contributed by atoms with Crippen LogP contribution >= 0.6 is 11.3 Å². The fourth-order valence-electron chi connectivity index (χ4n) is 6.32. The van der Waals surface area contributed by atoms with E-state index in [2.05, 4.69) is 30.9 Å². The molecule has 0 unspecified atom stereocenters. The monoisotopic (exact) mass is 773 g/mol. The van der Waals surface area contributed by atoms with Crippen LogP contribution in [-0.2, 0) is 25.6 Å². The summed E-state index contributed by atoms with van der Waals surface area (Å²) in [4.78, 5) is 97.5. The van der Waals surface area contributed by atoms with Crippen LogP contribution < -0.4 is 20.7 Å². The highest BCUT2D eigenvalue weighted by molar-refractivity contribution is 7.09. The molecule has 0 saturated heterocycles. The second kappa shape index (κ2) is 18.0. The molecule has 3 atom stereocenters. The lowest BCUT2D eigenvalue weighted by atomic mass is 10.0. The van der Waals surface area contributed by atoms with Crippen molar-refractivity contribution in [2.24, 2.45) is 5.92 Å². The summed E-state index contributed by atoms with van der Waals surface area (Å²) < 4.78 is 5.19. The number of aromatic nitrogens is 3. The van der Waals surface area contributed by atoms with E-state index < -0.39 is 53.6 Å². The normalized spacial score (nSPS) is 19.9. The Morgan fingerprint density at radius 2 is 1.69 bits per heavy atom. The zero-order valence-electron chi connectivity index (χ0n) is 31.8. The molecule has 0 aliphatic carbocycles. The fourth-order valence-corrected chi connectivity index (χ4v) is 7.18. The van der Waals surface area contributed by atoms with E-state index in [0.29, 0.717) is 11.4 Å². The zero-order chi connectivity index (χ0) is 39.8. The van der Waals surface area contributed by atoms with Gasteiger partial charge in [0.05, 0.1) is 26.2 Å². The summed E-state index contributed by atoms with van der Waals surface area (Å²) in [5.74, 6) is -2.79. The second-order valence-electron chi connectivity index (χ2n) is 14.0. The average Bonchev–Trinajstić information content (AvgIpc) is 3.82. The Hall–Kier alpha value is -5.84. The Kier molecular flexibility index (Phi) is 13.2. The van der Waals surface area contributed by atoms with Crippen LogP contribution in [0.4, 0.5) is 0 Å². The average molecular weight is 774 g/mol. The number of thiazole rings is 1. The Morgan fingerprint density at radius 3 is 2.44 bits per heavy atom. The number of fused-ring (bicyclic) bond motifs is 3. The molecular weight excluding hydrogens is 727 g/mol. The number of rotatable bonds is 6. The van der Waals surface area contributed by atoms with Gasteiger partial charge in [0.1, 0.15) is 22.8 Å². The number of H-pyrrole nitrogens is 1. The van der Waals surface area contributed by atoms with Crippen LogP contribution in [0.3, 0.4) is 0 Å².